The van der Waals surface area contributed by atoms with Crippen LogP contribution in [-0.2, 0) is 0 Å². The zero-order valence-electron chi connectivity index (χ0n) is 14.7. The van der Waals surface area contributed by atoms with Crippen molar-refractivity contribution < 1.29 is 5.11 Å². The third-order valence-corrected chi connectivity index (χ3v) is 4.38. The number of hydrogen-bond acceptors (Lipinski definition) is 4. The Hall–Kier alpha value is -3.34. The summed E-state index contributed by atoms with van der Waals surface area (Å²) >= 11 is 0. The normalized spacial score (nSPS) is 11.2. The summed E-state index contributed by atoms with van der Waals surface area (Å²) in [5, 5.41) is 17.4. The minimum absolute atomic E-state index is 0.223. The van der Waals surface area contributed by atoms with Gasteiger partial charge in [-0.15, -0.1) is 0 Å². The van der Waals surface area contributed by atoms with E-state index in [9.17, 15) is 5.11 Å². The first-order chi connectivity index (χ1) is 12.6. The van der Waals surface area contributed by atoms with Crippen molar-refractivity contribution in [2.45, 2.75) is 19.8 Å². The van der Waals surface area contributed by atoms with Gasteiger partial charge in [0.2, 0.25) is 0 Å². The highest BCUT2D eigenvalue weighted by molar-refractivity contribution is 5.78. The average molecular weight is 344 g/mol. The molecule has 0 aliphatic heterocycles. The second-order valence-electron chi connectivity index (χ2n) is 6.59. The molecule has 5 heteroatoms. The van der Waals surface area contributed by atoms with E-state index in [4.69, 9.17) is 4.98 Å². The second kappa shape index (κ2) is 6.52. The van der Waals surface area contributed by atoms with Gasteiger partial charge in [0, 0.05) is 17.4 Å². The van der Waals surface area contributed by atoms with Crippen molar-refractivity contribution in [1.29, 1.82) is 0 Å². The van der Waals surface area contributed by atoms with Gasteiger partial charge in [-0.1, -0.05) is 38.1 Å². The van der Waals surface area contributed by atoms with Gasteiger partial charge in [0.1, 0.15) is 11.6 Å². The Kier molecular flexibility index (Phi) is 4.05. The van der Waals surface area contributed by atoms with Crippen molar-refractivity contribution >= 4 is 17.2 Å². The molecule has 0 amide bonds. The van der Waals surface area contributed by atoms with Crippen molar-refractivity contribution in [2.24, 2.45) is 0 Å². The molecule has 2 aromatic carbocycles. The quantitative estimate of drug-likeness (QED) is 0.549. The summed E-state index contributed by atoms with van der Waals surface area (Å²) in [6.07, 6.45) is 3.64. The lowest BCUT2D eigenvalue weighted by Gasteiger charge is -2.09. The summed E-state index contributed by atoms with van der Waals surface area (Å²) in [7, 11) is 0. The van der Waals surface area contributed by atoms with E-state index in [0.717, 1.165) is 28.3 Å². The van der Waals surface area contributed by atoms with Crippen LogP contribution in [0.1, 0.15) is 25.3 Å². The smallest absolute Gasteiger partial charge is 0.165 e. The third kappa shape index (κ3) is 3.11. The van der Waals surface area contributed by atoms with Crippen molar-refractivity contribution in [3.8, 4) is 16.9 Å². The summed E-state index contributed by atoms with van der Waals surface area (Å²) in [4.78, 5) is 4.70. The molecule has 0 spiro atoms. The topological polar surface area (TPSA) is 62.5 Å². The molecule has 0 saturated carbocycles. The van der Waals surface area contributed by atoms with Crippen LogP contribution in [-0.4, -0.2) is 19.7 Å². The van der Waals surface area contributed by atoms with Gasteiger partial charge in [0.15, 0.2) is 5.65 Å². The molecular weight excluding hydrogens is 324 g/mol. The van der Waals surface area contributed by atoms with Crippen LogP contribution >= 0.6 is 0 Å². The molecule has 2 N–H and O–H groups in total. The molecule has 0 fully saturated rings. The van der Waals surface area contributed by atoms with E-state index >= 15 is 0 Å². The molecule has 4 aromatic rings. The van der Waals surface area contributed by atoms with E-state index in [-0.39, 0.29) is 5.75 Å². The fourth-order valence-electron chi connectivity index (χ4n) is 2.91. The molecule has 0 saturated heterocycles. The molecule has 2 aromatic heterocycles. The first kappa shape index (κ1) is 16.1. The van der Waals surface area contributed by atoms with Crippen molar-refractivity contribution in [1.82, 2.24) is 14.6 Å². The number of nitrogens with zero attached hydrogens (tertiary/aromatic N) is 3. The second-order valence-corrected chi connectivity index (χ2v) is 6.59. The number of anilines is 2. The van der Waals surface area contributed by atoms with Crippen LogP contribution in [0.25, 0.3) is 16.8 Å². The maximum atomic E-state index is 9.73. The number of nitrogens with one attached hydrogen (secondary N) is 1. The van der Waals surface area contributed by atoms with Crippen molar-refractivity contribution in [3.05, 3.63) is 72.6 Å². The lowest BCUT2D eigenvalue weighted by atomic mass is 10.0. The van der Waals surface area contributed by atoms with Gasteiger partial charge >= 0.3 is 0 Å². The number of aromatic hydroxyl groups is 1. The lowest BCUT2D eigenvalue weighted by Crippen LogP contribution is -1.97. The monoisotopic (exact) mass is 344 g/mol. The average Bonchev–Trinajstić information content (AvgIpc) is 3.05. The van der Waals surface area contributed by atoms with Gasteiger partial charge in [-0.05, 0) is 47.4 Å². The van der Waals surface area contributed by atoms with E-state index in [1.807, 2.05) is 24.4 Å². The van der Waals surface area contributed by atoms with Crippen molar-refractivity contribution in [2.75, 3.05) is 5.32 Å². The van der Waals surface area contributed by atoms with Gasteiger partial charge in [-0.3, -0.25) is 0 Å². The minimum atomic E-state index is 0.223. The van der Waals surface area contributed by atoms with Gasteiger partial charge in [-0.2, -0.15) is 5.10 Å². The number of hydrogen-bond donors (Lipinski definition) is 2. The number of fused-ring (bicyclic) bond motifs is 1. The molecule has 0 unspecified atom stereocenters. The van der Waals surface area contributed by atoms with Crippen LogP contribution in [0.5, 0.6) is 5.75 Å². The fraction of sp³-hybridized carbons (Fsp3) is 0.143. The van der Waals surface area contributed by atoms with E-state index in [1.54, 1.807) is 22.8 Å². The number of rotatable bonds is 4. The number of benzene rings is 2. The van der Waals surface area contributed by atoms with Gasteiger partial charge in [0.05, 0.1) is 6.20 Å². The predicted octanol–water partition coefficient (Wildman–Crippen LogP) is 4.97. The Bertz CT molecular complexity index is 1050. The van der Waals surface area contributed by atoms with E-state index in [2.05, 4.69) is 48.5 Å². The van der Waals surface area contributed by atoms with Crippen molar-refractivity contribution in [3.63, 3.8) is 0 Å². The number of phenols is 1. The van der Waals surface area contributed by atoms with Crippen LogP contribution in [0.2, 0.25) is 0 Å². The van der Waals surface area contributed by atoms with Crippen LogP contribution in [0.15, 0.2) is 67.0 Å². The number of aromatic nitrogens is 3. The highest BCUT2D eigenvalue weighted by Gasteiger charge is 2.10. The zero-order valence-corrected chi connectivity index (χ0v) is 14.7. The molecule has 26 heavy (non-hydrogen) atoms. The van der Waals surface area contributed by atoms with E-state index in [1.165, 1.54) is 5.56 Å². The summed E-state index contributed by atoms with van der Waals surface area (Å²) in [5.41, 5.74) is 4.79. The Morgan fingerprint density at radius 3 is 2.58 bits per heavy atom. The molecule has 2 heterocycles. The zero-order chi connectivity index (χ0) is 18.1. The molecule has 5 nitrogen and oxygen atoms in total. The van der Waals surface area contributed by atoms with Gasteiger partial charge in [-0.25, -0.2) is 9.50 Å². The number of phenolic OH excluding ortho intramolecular Hbond substituents is 1. The highest BCUT2D eigenvalue weighted by Crippen LogP contribution is 2.27. The summed E-state index contributed by atoms with van der Waals surface area (Å²) in [6, 6.07) is 17.4. The maximum absolute atomic E-state index is 9.73. The predicted molar refractivity (Wildman–Crippen MR) is 104 cm³/mol. The Labute approximate surface area is 152 Å². The Balaban J connectivity index is 1.67. The van der Waals surface area contributed by atoms with Crippen LogP contribution in [0.4, 0.5) is 11.5 Å². The van der Waals surface area contributed by atoms with Gasteiger partial charge in [0.25, 0.3) is 0 Å². The maximum Gasteiger partial charge on any atom is 0.165 e. The summed E-state index contributed by atoms with van der Waals surface area (Å²) in [5.74, 6) is 1.48. The lowest BCUT2D eigenvalue weighted by molar-refractivity contribution is 0.475. The fourth-order valence-corrected chi connectivity index (χ4v) is 2.91. The standard InChI is InChI=1S/C21H20N4O/c1-14(2)15-6-8-17(9-7-15)23-20-10-11-25-21(24-20)19(13-22-25)16-4-3-5-18(26)12-16/h3-14,26H,1-2H3,(H,23,24). The first-order valence-corrected chi connectivity index (χ1v) is 8.61. The molecule has 130 valence electrons. The summed E-state index contributed by atoms with van der Waals surface area (Å²) in [6.45, 7) is 4.36. The third-order valence-electron chi connectivity index (χ3n) is 4.38. The molecular formula is C21H20N4O. The van der Waals surface area contributed by atoms with Crippen LogP contribution in [0.3, 0.4) is 0 Å². The molecule has 0 aliphatic carbocycles. The first-order valence-electron chi connectivity index (χ1n) is 8.61. The van der Waals surface area contributed by atoms with Gasteiger partial charge < -0.3 is 10.4 Å². The summed E-state index contributed by atoms with van der Waals surface area (Å²) < 4.78 is 1.73. The molecule has 0 aliphatic rings. The minimum Gasteiger partial charge on any atom is -0.508 e. The SMILES string of the molecule is CC(C)c1ccc(Nc2ccn3ncc(-c4cccc(O)c4)c3n2)cc1. The molecule has 0 atom stereocenters. The Morgan fingerprint density at radius 1 is 1.04 bits per heavy atom. The largest absolute Gasteiger partial charge is 0.508 e. The highest BCUT2D eigenvalue weighted by atomic mass is 16.3. The Morgan fingerprint density at radius 2 is 1.85 bits per heavy atom. The molecule has 0 bridgehead atoms. The van der Waals surface area contributed by atoms with E-state index in [0.29, 0.717) is 5.92 Å². The van der Waals surface area contributed by atoms with Crippen LogP contribution < -0.4 is 5.32 Å². The molecule has 0 radical (unpaired) electrons. The van der Waals surface area contributed by atoms with Crippen LogP contribution in [0, 0.1) is 0 Å². The molecule has 4 rings (SSSR count). The van der Waals surface area contributed by atoms with E-state index < -0.39 is 0 Å².